The van der Waals surface area contributed by atoms with Gasteiger partial charge in [0.1, 0.15) is 5.82 Å². The molecule has 3 nitrogen and oxygen atoms in total. The highest BCUT2D eigenvalue weighted by atomic mass is 16.3. The van der Waals surface area contributed by atoms with Crippen LogP contribution in [-0.4, -0.2) is 20.8 Å². The van der Waals surface area contributed by atoms with Gasteiger partial charge in [0.05, 0.1) is 12.6 Å². The average Bonchev–Trinajstić information content (AvgIpc) is 2.75. The summed E-state index contributed by atoms with van der Waals surface area (Å²) in [6.45, 7) is 2.82. The van der Waals surface area contributed by atoms with Gasteiger partial charge < -0.3 is 9.67 Å². The standard InChI is InChI=1S/C15H18N2O/c1-11-4-2-3-5-12(11)8-15-16-9-13-6-7-14(18)10-17(13)15/h2-5,9,14,18H,6-8,10H2,1H3. The molecule has 3 rings (SSSR count). The summed E-state index contributed by atoms with van der Waals surface area (Å²) in [6, 6.07) is 8.40. The molecule has 94 valence electrons. The SMILES string of the molecule is Cc1ccccc1Cc1ncc2n1CC(O)CC2. The van der Waals surface area contributed by atoms with Gasteiger partial charge in [-0.25, -0.2) is 4.98 Å². The summed E-state index contributed by atoms with van der Waals surface area (Å²) in [4.78, 5) is 4.52. The monoisotopic (exact) mass is 242 g/mol. The van der Waals surface area contributed by atoms with Gasteiger partial charge in [0, 0.05) is 18.3 Å². The Morgan fingerprint density at radius 3 is 3.06 bits per heavy atom. The molecule has 1 atom stereocenters. The van der Waals surface area contributed by atoms with Crippen LogP contribution >= 0.6 is 0 Å². The van der Waals surface area contributed by atoms with Crippen molar-refractivity contribution in [2.24, 2.45) is 0 Å². The highest BCUT2D eigenvalue weighted by Gasteiger charge is 2.19. The molecule has 0 fully saturated rings. The molecule has 1 aliphatic heterocycles. The van der Waals surface area contributed by atoms with Gasteiger partial charge >= 0.3 is 0 Å². The number of aryl methyl sites for hydroxylation is 2. The van der Waals surface area contributed by atoms with Crippen LogP contribution in [0.15, 0.2) is 30.5 Å². The van der Waals surface area contributed by atoms with Crippen molar-refractivity contribution in [1.29, 1.82) is 0 Å². The minimum Gasteiger partial charge on any atom is -0.391 e. The maximum atomic E-state index is 9.77. The lowest BCUT2D eigenvalue weighted by Gasteiger charge is -2.21. The van der Waals surface area contributed by atoms with Gasteiger partial charge in [0.15, 0.2) is 0 Å². The van der Waals surface area contributed by atoms with E-state index >= 15 is 0 Å². The molecule has 0 amide bonds. The van der Waals surface area contributed by atoms with Gasteiger partial charge in [0.2, 0.25) is 0 Å². The van der Waals surface area contributed by atoms with Crippen LogP contribution in [0.25, 0.3) is 0 Å². The normalized spacial score (nSPS) is 18.7. The number of aliphatic hydroxyl groups excluding tert-OH is 1. The van der Waals surface area contributed by atoms with E-state index in [9.17, 15) is 5.11 Å². The zero-order valence-corrected chi connectivity index (χ0v) is 10.6. The lowest BCUT2D eigenvalue weighted by molar-refractivity contribution is 0.130. The topological polar surface area (TPSA) is 38.0 Å². The van der Waals surface area contributed by atoms with Gasteiger partial charge in [0.25, 0.3) is 0 Å². The van der Waals surface area contributed by atoms with Crippen LogP contribution in [0.4, 0.5) is 0 Å². The molecule has 0 radical (unpaired) electrons. The lowest BCUT2D eigenvalue weighted by Crippen LogP contribution is -2.25. The van der Waals surface area contributed by atoms with Gasteiger partial charge in [-0.3, -0.25) is 0 Å². The Morgan fingerprint density at radius 2 is 2.22 bits per heavy atom. The Hall–Kier alpha value is -1.61. The molecule has 18 heavy (non-hydrogen) atoms. The predicted molar refractivity (Wildman–Crippen MR) is 70.5 cm³/mol. The molecule has 0 saturated heterocycles. The molecule has 2 aromatic rings. The Kier molecular flexibility index (Phi) is 2.92. The molecule has 0 spiro atoms. The van der Waals surface area contributed by atoms with Crippen molar-refractivity contribution in [3.05, 3.63) is 53.1 Å². The van der Waals surface area contributed by atoms with Crippen molar-refractivity contribution in [3.8, 4) is 0 Å². The molecule has 0 aliphatic carbocycles. The van der Waals surface area contributed by atoms with Gasteiger partial charge in [-0.2, -0.15) is 0 Å². The second-order valence-corrected chi connectivity index (χ2v) is 5.07. The largest absolute Gasteiger partial charge is 0.391 e. The Morgan fingerprint density at radius 1 is 1.39 bits per heavy atom. The third kappa shape index (κ3) is 2.06. The number of rotatable bonds is 2. The van der Waals surface area contributed by atoms with E-state index in [-0.39, 0.29) is 6.10 Å². The molecule has 1 N–H and O–H groups in total. The van der Waals surface area contributed by atoms with E-state index in [4.69, 9.17) is 0 Å². The Labute approximate surface area is 107 Å². The van der Waals surface area contributed by atoms with Crippen LogP contribution in [-0.2, 0) is 19.4 Å². The zero-order valence-electron chi connectivity index (χ0n) is 10.6. The number of aromatic nitrogens is 2. The summed E-state index contributed by atoms with van der Waals surface area (Å²) in [6.07, 6.45) is 4.37. The van der Waals surface area contributed by atoms with Crippen LogP contribution in [0.3, 0.4) is 0 Å². The van der Waals surface area contributed by atoms with E-state index < -0.39 is 0 Å². The maximum absolute atomic E-state index is 9.77. The van der Waals surface area contributed by atoms with E-state index in [2.05, 4.69) is 40.7 Å². The van der Waals surface area contributed by atoms with E-state index in [1.807, 2.05) is 6.20 Å². The van der Waals surface area contributed by atoms with Crippen molar-refractivity contribution < 1.29 is 5.11 Å². The van der Waals surface area contributed by atoms with Crippen molar-refractivity contribution in [2.75, 3.05) is 0 Å². The summed E-state index contributed by atoms with van der Waals surface area (Å²) in [7, 11) is 0. The molecule has 0 bridgehead atoms. The fourth-order valence-electron chi connectivity index (χ4n) is 2.61. The third-order valence-electron chi connectivity index (χ3n) is 3.76. The van der Waals surface area contributed by atoms with Gasteiger partial charge in [-0.15, -0.1) is 0 Å². The number of imidazole rings is 1. The molecule has 0 saturated carbocycles. The fourth-order valence-corrected chi connectivity index (χ4v) is 2.61. The van der Waals surface area contributed by atoms with E-state index in [0.717, 1.165) is 25.1 Å². The Bertz CT molecular complexity index is 559. The molecule has 1 aromatic carbocycles. The first-order valence-corrected chi connectivity index (χ1v) is 6.50. The van der Waals surface area contributed by atoms with Crippen LogP contribution in [0.2, 0.25) is 0 Å². The van der Waals surface area contributed by atoms with Crippen LogP contribution in [0, 0.1) is 6.92 Å². The Balaban J connectivity index is 1.90. The average molecular weight is 242 g/mol. The van der Waals surface area contributed by atoms with Crippen LogP contribution in [0.1, 0.15) is 29.1 Å². The zero-order chi connectivity index (χ0) is 12.5. The highest BCUT2D eigenvalue weighted by Crippen LogP contribution is 2.20. The molecule has 2 heterocycles. The second kappa shape index (κ2) is 4.58. The summed E-state index contributed by atoms with van der Waals surface area (Å²) in [5, 5.41) is 9.77. The lowest BCUT2D eigenvalue weighted by atomic mass is 10.0. The first kappa shape index (κ1) is 11.5. The summed E-state index contributed by atoms with van der Waals surface area (Å²) < 4.78 is 2.18. The molecular weight excluding hydrogens is 224 g/mol. The van der Waals surface area contributed by atoms with E-state index in [1.54, 1.807) is 0 Å². The summed E-state index contributed by atoms with van der Waals surface area (Å²) >= 11 is 0. The van der Waals surface area contributed by atoms with Gasteiger partial charge in [-0.1, -0.05) is 24.3 Å². The highest BCUT2D eigenvalue weighted by molar-refractivity contribution is 5.29. The second-order valence-electron chi connectivity index (χ2n) is 5.07. The predicted octanol–water partition coefficient (Wildman–Crippen LogP) is 2.09. The minimum atomic E-state index is -0.220. The quantitative estimate of drug-likeness (QED) is 0.875. The molecule has 3 heteroatoms. The maximum Gasteiger partial charge on any atom is 0.113 e. The summed E-state index contributed by atoms with van der Waals surface area (Å²) in [5.41, 5.74) is 3.86. The van der Waals surface area contributed by atoms with E-state index in [1.165, 1.54) is 16.8 Å². The van der Waals surface area contributed by atoms with Crippen molar-refractivity contribution in [2.45, 2.75) is 38.8 Å². The first-order valence-electron chi connectivity index (χ1n) is 6.50. The van der Waals surface area contributed by atoms with E-state index in [0.29, 0.717) is 6.54 Å². The van der Waals surface area contributed by atoms with Gasteiger partial charge in [-0.05, 0) is 30.9 Å². The molecular formula is C15H18N2O. The molecule has 1 aromatic heterocycles. The van der Waals surface area contributed by atoms with Crippen molar-refractivity contribution in [3.63, 3.8) is 0 Å². The first-order chi connectivity index (χ1) is 8.74. The summed E-state index contributed by atoms with van der Waals surface area (Å²) in [5.74, 6) is 1.07. The van der Waals surface area contributed by atoms with Crippen LogP contribution in [0.5, 0.6) is 0 Å². The number of fused-ring (bicyclic) bond motifs is 1. The third-order valence-corrected chi connectivity index (χ3v) is 3.76. The number of hydrogen-bond donors (Lipinski definition) is 1. The molecule has 1 unspecified atom stereocenters. The molecule has 1 aliphatic rings. The number of nitrogens with zero attached hydrogens (tertiary/aromatic N) is 2. The number of hydrogen-bond acceptors (Lipinski definition) is 2. The van der Waals surface area contributed by atoms with Crippen molar-refractivity contribution >= 4 is 0 Å². The number of benzene rings is 1. The van der Waals surface area contributed by atoms with Crippen LogP contribution < -0.4 is 0 Å². The number of aliphatic hydroxyl groups is 1. The minimum absolute atomic E-state index is 0.220. The smallest absolute Gasteiger partial charge is 0.113 e. The van der Waals surface area contributed by atoms with Crippen molar-refractivity contribution in [1.82, 2.24) is 9.55 Å². The fraction of sp³-hybridized carbons (Fsp3) is 0.400.